The molecular weight excluding hydrogens is 367 g/mol. The molecule has 1 N–H and O–H groups in total. The molecular formula is C20H19FN2O3S. The number of methoxy groups -OCH3 is 1. The van der Waals surface area contributed by atoms with Crippen LogP contribution in [-0.2, 0) is 11.3 Å². The van der Waals surface area contributed by atoms with Gasteiger partial charge in [0.15, 0.2) is 0 Å². The number of nitrogens with one attached hydrogen (secondary N) is 1. The van der Waals surface area contributed by atoms with E-state index in [1.54, 1.807) is 30.7 Å². The number of nitrogens with zero attached hydrogens (tertiary/aromatic N) is 1. The SMILES string of the molecule is COCCOc1cccc(CNC(=O)c2csc(-c3ccccc3F)n2)c1. The van der Waals surface area contributed by atoms with Crippen molar-refractivity contribution < 1.29 is 18.7 Å². The van der Waals surface area contributed by atoms with Crippen molar-refractivity contribution in [2.45, 2.75) is 6.54 Å². The minimum Gasteiger partial charge on any atom is -0.491 e. The molecule has 0 unspecified atom stereocenters. The summed E-state index contributed by atoms with van der Waals surface area (Å²) in [6, 6.07) is 13.8. The first kappa shape index (κ1) is 19.0. The van der Waals surface area contributed by atoms with Crippen molar-refractivity contribution in [3.8, 4) is 16.3 Å². The second-order valence-corrected chi connectivity index (χ2v) is 6.55. The highest BCUT2D eigenvalue weighted by atomic mass is 32.1. The molecule has 0 saturated heterocycles. The van der Waals surface area contributed by atoms with Crippen LogP contribution >= 0.6 is 11.3 Å². The van der Waals surface area contributed by atoms with Gasteiger partial charge in [0.1, 0.15) is 28.9 Å². The fourth-order valence-electron chi connectivity index (χ4n) is 2.40. The first-order valence-electron chi connectivity index (χ1n) is 8.36. The molecule has 0 radical (unpaired) electrons. The summed E-state index contributed by atoms with van der Waals surface area (Å²) in [6.07, 6.45) is 0. The van der Waals surface area contributed by atoms with Gasteiger partial charge in [-0.05, 0) is 29.8 Å². The maximum absolute atomic E-state index is 13.9. The van der Waals surface area contributed by atoms with Gasteiger partial charge in [-0.1, -0.05) is 24.3 Å². The van der Waals surface area contributed by atoms with E-state index in [-0.39, 0.29) is 17.4 Å². The van der Waals surface area contributed by atoms with Crippen LogP contribution in [0.4, 0.5) is 4.39 Å². The van der Waals surface area contributed by atoms with Crippen LogP contribution in [0, 0.1) is 5.82 Å². The van der Waals surface area contributed by atoms with E-state index in [9.17, 15) is 9.18 Å². The molecule has 27 heavy (non-hydrogen) atoms. The lowest BCUT2D eigenvalue weighted by Gasteiger charge is -2.08. The summed E-state index contributed by atoms with van der Waals surface area (Å²) in [5.41, 5.74) is 1.57. The Labute approximate surface area is 160 Å². The van der Waals surface area contributed by atoms with Crippen molar-refractivity contribution in [1.82, 2.24) is 10.3 Å². The quantitative estimate of drug-likeness (QED) is 0.597. The van der Waals surface area contributed by atoms with Crippen molar-refractivity contribution in [2.24, 2.45) is 0 Å². The van der Waals surface area contributed by atoms with E-state index in [1.165, 1.54) is 17.4 Å². The van der Waals surface area contributed by atoms with Gasteiger partial charge >= 0.3 is 0 Å². The fourth-order valence-corrected chi connectivity index (χ4v) is 3.22. The first-order chi connectivity index (χ1) is 13.2. The van der Waals surface area contributed by atoms with E-state index >= 15 is 0 Å². The standard InChI is InChI=1S/C20H19FN2O3S/c1-25-9-10-26-15-6-4-5-14(11-15)12-22-19(24)18-13-27-20(23-18)16-7-2-3-8-17(16)21/h2-8,11,13H,9-10,12H2,1H3,(H,22,24). The second-order valence-electron chi connectivity index (χ2n) is 5.69. The molecule has 1 aromatic heterocycles. The minimum absolute atomic E-state index is 0.269. The van der Waals surface area contributed by atoms with Gasteiger partial charge in [0, 0.05) is 24.6 Å². The zero-order valence-electron chi connectivity index (χ0n) is 14.8. The van der Waals surface area contributed by atoms with Crippen LogP contribution in [0.25, 0.3) is 10.6 Å². The Morgan fingerprint density at radius 3 is 2.85 bits per heavy atom. The zero-order valence-corrected chi connectivity index (χ0v) is 15.6. The molecule has 0 aliphatic carbocycles. The summed E-state index contributed by atoms with van der Waals surface area (Å²) in [7, 11) is 1.62. The number of ether oxygens (including phenoxy) is 2. The van der Waals surface area contributed by atoms with E-state index in [4.69, 9.17) is 9.47 Å². The van der Waals surface area contributed by atoms with Gasteiger partial charge in [0.05, 0.1) is 6.61 Å². The number of thiazole rings is 1. The molecule has 0 bridgehead atoms. The number of amides is 1. The summed E-state index contributed by atoms with van der Waals surface area (Å²) in [5, 5.41) is 4.93. The number of aromatic nitrogens is 1. The molecule has 0 saturated carbocycles. The molecule has 7 heteroatoms. The maximum Gasteiger partial charge on any atom is 0.271 e. The molecule has 0 atom stereocenters. The Hall–Kier alpha value is -2.77. The van der Waals surface area contributed by atoms with Gasteiger partial charge in [0.2, 0.25) is 0 Å². The van der Waals surface area contributed by atoms with Crippen LogP contribution < -0.4 is 10.1 Å². The summed E-state index contributed by atoms with van der Waals surface area (Å²) in [4.78, 5) is 16.6. The third-order valence-corrected chi connectivity index (χ3v) is 4.62. The predicted molar refractivity (Wildman–Crippen MR) is 102 cm³/mol. The topological polar surface area (TPSA) is 60.5 Å². The molecule has 5 nitrogen and oxygen atoms in total. The highest BCUT2D eigenvalue weighted by Crippen LogP contribution is 2.26. The molecule has 140 valence electrons. The van der Waals surface area contributed by atoms with Crippen molar-refractivity contribution in [1.29, 1.82) is 0 Å². The van der Waals surface area contributed by atoms with Crippen LogP contribution in [0.3, 0.4) is 0 Å². The van der Waals surface area contributed by atoms with Crippen molar-refractivity contribution in [3.63, 3.8) is 0 Å². The third kappa shape index (κ3) is 5.12. The number of carbonyl (C=O) groups is 1. The molecule has 0 fully saturated rings. The molecule has 0 spiro atoms. The van der Waals surface area contributed by atoms with Crippen LogP contribution in [0.5, 0.6) is 5.75 Å². The van der Waals surface area contributed by atoms with E-state index < -0.39 is 0 Å². The Kier molecular flexibility index (Phi) is 6.51. The Balaban J connectivity index is 1.60. The number of rotatable bonds is 8. The Morgan fingerprint density at radius 1 is 1.19 bits per heavy atom. The van der Waals surface area contributed by atoms with Gasteiger partial charge < -0.3 is 14.8 Å². The second kappa shape index (κ2) is 9.25. The minimum atomic E-state index is -0.357. The fraction of sp³-hybridized carbons (Fsp3) is 0.200. The van der Waals surface area contributed by atoms with Crippen LogP contribution in [0.15, 0.2) is 53.9 Å². The largest absolute Gasteiger partial charge is 0.491 e. The predicted octanol–water partition coefficient (Wildman–Crippen LogP) is 3.90. The average Bonchev–Trinajstić information content (AvgIpc) is 3.17. The molecule has 2 aromatic carbocycles. The Bertz CT molecular complexity index is 914. The van der Waals surface area contributed by atoms with Crippen molar-refractivity contribution in [3.05, 3.63) is 71.0 Å². The van der Waals surface area contributed by atoms with E-state index in [0.717, 1.165) is 5.56 Å². The summed E-state index contributed by atoms with van der Waals surface area (Å²) < 4.78 is 24.4. The normalized spacial score (nSPS) is 10.6. The van der Waals surface area contributed by atoms with Gasteiger partial charge in [-0.2, -0.15) is 0 Å². The van der Waals surface area contributed by atoms with E-state index in [0.29, 0.717) is 36.1 Å². The smallest absolute Gasteiger partial charge is 0.271 e. The zero-order chi connectivity index (χ0) is 19.1. The number of hydrogen-bond donors (Lipinski definition) is 1. The summed E-state index contributed by atoms with van der Waals surface area (Å²) >= 11 is 1.24. The average molecular weight is 386 g/mol. The first-order valence-corrected chi connectivity index (χ1v) is 9.24. The van der Waals surface area contributed by atoms with Crippen LogP contribution in [0.1, 0.15) is 16.1 Å². The summed E-state index contributed by atoms with van der Waals surface area (Å²) in [6.45, 7) is 1.31. The van der Waals surface area contributed by atoms with Gasteiger partial charge in [0.25, 0.3) is 5.91 Å². The molecule has 0 aliphatic rings. The number of halogens is 1. The molecule has 1 amide bonds. The number of carbonyl (C=O) groups excluding carboxylic acids is 1. The van der Waals surface area contributed by atoms with Crippen LogP contribution in [-0.4, -0.2) is 31.2 Å². The van der Waals surface area contributed by atoms with Crippen LogP contribution in [0.2, 0.25) is 0 Å². The third-order valence-electron chi connectivity index (χ3n) is 3.75. The van der Waals surface area contributed by atoms with E-state index in [1.807, 2.05) is 24.3 Å². The molecule has 1 heterocycles. The highest BCUT2D eigenvalue weighted by Gasteiger charge is 2.14. The van der Waals surface area contributed by atoms with Crippen molar-refractivity contribution >= 4 is 17.2 Å². The molecule has 3 aromatic rings. The summed E-state index contributed by atoms with van der Waals surface area (Å²) in [5.74, 6) is 0.0536. The lowest BCUT2D eigenvalue weighted by Crippen LogP contribution is -2.23. The monoisotopic (exact) mass is 386 g/mol. The number of hydrogen-bond acceptors (Lipinski definition) is 5. The lowest BCUT2D eigenvalue weighted by molar-refractivity contribution is 0.0946. The Morgan fingerprint density at radius 2 is 2.04 bits per heavy atom. The molecule has 3 rings (SSSR count). The van der Waals surface area contributed by atoms with Gasteiger partial charge in [-0.25, -0.2) is 9.37 Å². The highest BCUT2D eigenvalue weighted by molar-refractivity contribution is 7.13. The lowest BCUT2D eigenvalue weighted by atomic mass is 10.2. The van der Waals surface area contributed by atoms with E-state index in [2.05, 4.69) is 10.3 Å². The van der Waals surface area contributed by atoms with Gasteiger partial charge in [-0.15, -0.1) is 11.3 Å². The number of benzene rings is 2. The maximum atomic E-state index is 13.9. The van der Waals surface area contributed by atoms with Crippen molar-refractivity contribution in [2.75, 3.05) is 20.3 Å². The van der Waals surface area contributed by atoms with Gasteiger partial charge in [-0.3, -0.25) is 4.79 Å². The molecule has 0 aliphatic heterocycles.